The molecule has 0 spiro atoms. The van der Waals surface area contributed by atoms with Crippen LogP contribution in [0.2, 0.25) is 5.02 Å². The molecule has 160 valence electrons. The van der Waals surface area contributed by atoms with E-state index in [0.717, 1.165) is 0 Å². The van der Waals surface area contributed by atoms with Crippen LogP contribution in [0.3, 0.4) is 0 Å². The maximum absolute atomic E-state index is 12.8. The number of halogens is 1. The quantitative estimate of drug-likeness (QED) is 0.303. The molecule has 0 radical (unpaired) electrons. The van der Waals surface area contributed by atoms with Crippen LogP contribution in [0.1, 0.15) is 20.7 Å². The lowest BCUT2D eigenvalue weighted by atomic mass is 10.2. The van der Waals surface area contributed by atoms with Gasteiger partial charge in [-0.1, -0.05) is 11.6 Å². The van der Waals surface area contributed by atoms with E-state index < -0.39 is 17.4 Å². The van der Waals surface area contributed by atoms with Crippen LogP contribution >= 0.6 is 11.6 Å². The predicted molar refractivity (Wildman–Crippen MR) is 117 cm³/mol. The second-order valence-electron chi connectivity index (χ2n) is 6.60. The summed E-state index contributed by atoms with van der Waals surface area (Å²) in [5.74, 6) is -0.521. The fourth-order valence-corrected chi connectivity index (χ4v) is 3.01. The number of rotatable bonds is 5. The Morgan fingerprint density at radius 1 is 0.844 bits per heavy atom. The Kier molecular flexibility index (Phi) is 5.91. The van der Waals surface area contributed by atoms with Crippen molar-refractivity contribution in [3.63, 3.8) is 0 Å². The number of benzene rings is 3. The molecule has 0 aliphatic carbocycles. The van der Waals surface area contributed by atoms with Gasteiger partial charge in [0.05, 0.1) is 23.6 Å². The van der Waals surface area contributed by atoms with E-state index in [0.29, 0.717) is 21.9 Å². The van der Waals surface area contributed by atoms with Gasteiger partial charge in [0.1, 0.15) is 23.3 Å². The smallest absolute Gasteiger partial charge is 0.343 e. The first kappa shape index (κ1) is 21.1. The van der Waals surface area contributed by atoms with Crippen molar-refractivity contribution in [2.75, 3.05) is 7.11 Å². The lowest BCUT2D eigenvalue weighted by molar-refractivity contribution is 0.0600. The van der Waals surface area contributed by atoms with Crippen molar-refractivity contribution in [2.24, 2.45) is 0 Å². The highest BCUT2D eigenvalue weighted by molar-refractivity contribution is 6.30. The van der Waals surface area contributed by atoms with Crippen molar-refractivity contribution in [2.45, 2.75) is 0 Å². The maximum atomic E-state index is 12.8. The zero-order chi connectivity index (χ0) is 22.7. The van der Waals surface area contributed by atoms with E-state index in [4.69, 9.17) is 25.5 Å². The van der Waals surface area contributed by atoms with Crippen LogP contribution in [0.5, 0.6) is 17.2 Å². The molecule has 0 saturated heterocycles. The Labute approximate surface area is 186 Å². The molecule has 8 heteroatoms. The summed E-state index contributed by atoms with van der Waals surface area (Å²) >= 11 is 5.82. The van der Waals surface area contributed by atoms with E-state index in [1.807, 2.05) is 0 Å². The molecular weight excluding hydrogens is 436 g/mol. The molecule has 4 rings (SSSR count). The third kappa shape index (κ3) is 4.48. The molecule has 0 aliphatic heterocycles. The van der Waals surface area contributed by atoms with Gasteiger partial charge in [0.2, 0.25) is 11.2 Å². The standard InChI is InChI=1S/C24H15ClO7/c1-29-23(27)14-4-8-17(9-5-14)31-21-13-30-20-12-18(10-11-19(20)22(21)26)32-24(28)15-2-6-16(25)7-3-15/h2-13H,1H3. The van der Waals surface area contributed by atoms with Gasteiger partial charge < -0.3 is 18.6 Å². The van der Waals surface area contributed by atoms with Gasteiger partial charge in [-0.2, -0.15) is 0 Å². The van der Waals surface area contributed by atoms with Crippen LogP contribution < -0.4 is 14.9 Å². The van der Waals surface area contributed by atoms with E-state index in [9.17, 15) is 14.4 Å². The highest BCUT2D eigenvalue weighted by atomic mass is 35.5. The van der Waals surface area contributed by atoms with Crippen LogP contribution in [0.15, 0.2) is 82.2 Å². The van der Waals surface area contributed by atoms with Crippen molar-refractivity contribution in [1.29, 1.82) is 0 Å². The normalized spacial score (nSPS) is 10.6. The Morgan fingerprint density at radius 2 is 1.47 bits per heavy atom. The third-order valence-corrected chi connectivity index (χ3v) is 4.76. The average Bonchev–Trinajstić information content (AvgIpc) is 2.81. The Morgan fingerprint density at radius 3 is 2.16 bits per heavy atom. The van der Waals surface area contributed by atoms with E-state index in [1.54, 1.807) is 24.3 Å². The van der Waals surface area contributed by atoms with Gasteiger partial charge in [0.15, 0.2) is 0 Å². The molecule has 0 N–H and O–H groups in total. The van der Waals surface area contributed by atoms with Gasteiger partial charge in [-0.15, -0.1) is 0 Å². The van der Waals surface area contributed by atoms with Gasteiger partial charge in [-0.05, 0) is 60.7 Å². The molecule has 0 saturated carbocycles. The second-order valence-corrected chi connectivity index (χ2v) is 7.04. The summed E-state index contributed by atoms with van der Waals surface area (Å²) in [5, 5.41) is 0.756. The van der Waals surface area contributed by atoms with E-state index in [2.05, 4.69) is 4.74 Å². The van der Waals surface area contributed by atoms with Gasteiger partial charge in [0, 0.05) is 11.1 Å². The minimum atomic E-state index is -0.571. The first-order chi connectivity index (χ1) is 15.4. The summed E-state index contributed by atoms with van der Waals surface area (Å²) in [6.07, 6.45) is 1.17. The molecule has 0 atom stereocenters. The fraction of sp³-hybridized carbons (Fsp3) is 0.0417. The minimum Gasteiger partial charge on any atom is -0.465 e. The van der Waals surface area contributed by atoms with Crippen molar-refractivity contribution in [1.82, 2.24) is 0 Å². The predicted octanol–water partition coefficient (Wildman–Crippen LogP) is 5.24. The summed E-state index contributed by atoms with van der Waals surface area (Å²) < 4.78 is 21.1. The summed E-state index contributed by atoms with van der Waals surface area (Å²) in [7, 11) is 1.29. The van der Waals surface area contributed by atoms with Gasteiger partial charge in [0.25, 0.3) is 0 Å². The molecule has 1 heterocycles. The molecular formula is C24H15ClO7. The number of esters is 2. The SMILES string of the molecule is COC(=O)c1ccc(Oc2coc3cc(OC(=O)c4ccc(Cl)cc4)ccc3c2=O)cc1. The summed E-state index contributed by atoms with van der Waals surface area (Å²) in [6.45, 7) is 0. The number of methoxy groups -OCH3 is 1. The fourth-order valence-electron chi connectivity index (χ4n) is 2.88. The number of hydrogen-bond donors (Lipinski definition) is 0. The van der Waals surface area contributed by atoms with Crippen LogP contribution in [-0.4, -0.2) is 19.0 Å². The topological polar surface area (TPSA) is 92.0 Å². The zero-order valence-electron chi connectivity index (χ0n) is 16.7. The number of hydrogen-bond acceptors (Lipinski definition) is 7. The van der Waals surface area contributed by atoms with Crippen molar-refractivity contribution in [3.05, 3.63) is 99.4 Å². The molecule has 3 aromatic carbocycles. The molecule has 0 amide bonds. The highest BCUT2D eigenvalue weighted by Gasteiger charge is 2.13. The lowest BCUT2D eigenvalue weighted by Crippen LogP contribution is -2.09. The largest absolute Gasteiger partial charge is 0.465 e. The lowest BCUT2D eigenvalue weighted by Gasteiger charge is -2.08. The monoisotopic (exact) mass is 450 g/mol. The third-order valence-electron chi connectivity index (χ3n) is 4.51. The molecule has 1 aromatic heterocycles. The maximum Gasteiger partial charge on any atom is 0.343 e. The van der Waals surface area contributed by atoms with Gasteiger partial charge in [-0.25, -0.2) is 9.59 Å². The van der Waals surface area contributed by atoms with Crippen LogP contribution in [-0.2, 0) is 4.74 Å². The highest BCUT2D eigenvalue weighted by Crippen LogP contribution is 2.25. The van der Waals surface area contributed by atoms with Crippen molar-refractivity contribution < 1.29 is 28.2 Å². The summed E-state index contributed by atoms with van der Waals surface area (Å²) in [5.41, 5.74) is 0.507. The molecule has 0 aliphatic rings. The molecule has 0 bridgehead atoms. The zero-order valence-corrected chi connectivity index (χ0v) is 17.4. The van der Waals surface area contributed by atoms with Gasteiger partial charge >= 0.3 is 11.9 Å². The van der Waals surface area contributed by atoms with Crippen LogP contribution in [0.25, 0.3) is 11.0 Å². The Balaban J connectivity index is 1.54. The Hall–Kier alpha value is -4.10. The summed E-state index contributed by atoms with van der Waals surface area (Å²) in [6, 6.07) is 16.8. The van der Waals surface area contributed by atoms with Crippen molar-refractivity contribution >= 4 is 34.5 Å². The second kappa shape index (κ2) is 8.95. The number of carbonyl (C=O) groups excluding carboxylic acids is 2. The van der Waals surface area contributed by atoms with E-state index >= 15 is 0 Å². The molecule has 32 heavy (non-hydrogen) atoms. The first-order valence-corrected chi connectivity index (χ1v) is 9.72. The van der Waals surface area contributed by atoms with Crippen LogP contribution in [0.4, 0.5) is 0 Å². The van der Waals surface area contributed by atoms with Gasteiger partial charge in [-0.3, -0.25) is 4.79 Å². The number of fused-ring (bicyclic) bond motifs is 1. The molecule has 0 unspecified atom stereocenters. The van der Waals surface area contributed by atoms with Crippen LogP contribution in [0, 0.1) is 0 Å². The molecule has 7 nitrogen and oxygen atoms in total. The Bertz CT molecular complexity index is 1360. The molecule has 4 aromatic rings. The number of carbonyl (C=O) groups is 2. The minimum absolute atomic E-state index is 0.0331. The van der Waals surface area contributed by atoms with E-state index in [1.165, 1.54) is 55.8 Å². The number of ether oxygens (including phenoxy) is 3. The van der Waals surface area contributed by atoms with Crippen molar-refractivity contribution in [3.8, 4) is 17.2 Å². The first-order valence-electron chi connectivity index (χ1n) is 9.34. The molecule has 0 fully saturated rings. The summed E-state index contributed by atoms with van der Waals surface area (Å²) in [4.78, 5) is 36.5. The average molecular weight is 451 g/mol. The van der Waals surface area contributed by atoms with E-state index in [-0.39, 0.29) is 22.5 Å².